The Labute approximate surface area is 34.0 Å². The highest BCUT2D eigenvalue weighted by Gasteiger charge is 1.79. The molecule has 0 saturated heterocycles. The number of H-pyrrole nitrogens is 1. The SMILES string of the molecule is [O-][n+]1n[c]c[nH]1. The van der Waals surface area contributed by atoms with Crippen molar-refractivity contribution in [1.82, 2.24) is 10.2 Å². The quantitative estimate of drug-likeness (QED) is 0.318. The standard InChI is InChI=1S/C2H2N3O/c6-5-3-1-2-4-5/h1H,(H,3,4). The summed E-state index contributed by atoms with van der Waals surface area (Å²) >= 11 is 0. The van der Waals surface area contributed by atoms with Gasteiger partial charge in [-0.3, -0.25) is 0 Å². The van der Waals surface area contributed by atoms with Crippen molar-refractivity contribution in [3.05, 3.63) is 17.6 Å². The summed E-state index contributed by atoms with van der Waals surface area (Å²) in [4.78, 5) is 0.319. The summed E-state index contributed by atoms with van der Waals surface area (Å²) < 4.78 is 0. The highest BCUT2D eigenvalue weighted by atomic mass is 16.5. The molecule has 1 rings (SSSR count). The van der Waals surface area contributed by atoms with Crippen LogP contribution in [0, 0.1) is 11.4 Å². The van der Waals surface area contributed by atoms with E-state index in [9.17, 15) is 5.21 Å². The first-order valence-corrected chi connectivity index (χ1v) is 1.41. The second kappa shape index (κ2) is 0.965. The van der Waals surface area contributed by atoms with Gasteiger partial charge in [0.15, 0.2) is 6.20 Å². The Morgan fingerprint density at radius 1 is 2.00 bits per heavy atom. The molecular formula is C2H2N3O. The van der Waals surface area contributed by atoms with Gasteiger partial charge in [0.1, 0.15) is 0 Å². The number of nitrogens with zero attached hydrogens (tertiary/aromatic N) is 2. The summed E-state index contributed by atoms with van der Waals surface area (Å²) in [5.74, 6) is 0. The molecule has 1 aromatic heterocycles. The van der Waals surface area contributed by atoms with Crippen molar-refractivity contribution < 1.29 is 4.96 Å². The summed E-state index contributed by atoms with van der Waals surface area (Å²) in [6.07, 6.45) is 3.60. The fourth-order valence-corrected chi connectivity index (χ4v) is 0.194. The van der Waals surface area contributed by atoms with Gasteiger partial charge >= 0.3 is 0 Å². The molecule has 6 heavy (non-hydrogen) atoms. The maximum Gasteiger partial charge on any atom is 0.190 e. The molecule has 0 amide bonds. The number of hydrogen-bond acceptors (Lipinski definition) is 2. The number of hydrogen-bond donors (Lipinski definition) is 1. The molecule has 0 saturated carbocycles. The molecule has 31 valence electrons. The first-order valence-electron chi connectivity index (χ1n) is 1.41. The molecule has 0 aliphatic heterocycles. The minimum atomic E-state index is 0.319. The normalized spacial score (nSPS) is 8.67. The van der Waals surface area contributed by atoms with Gasteiger partial charge in [-0.25, -0.2) is 0 Å². The van der Waals surface area contributed by atoms with Crippen LogP contribution >= 0.6 is 0 Å². The number of aromatic nitrogens is 3. The average molecular weight is 84.1 g/mol. The summed E-state index contributed by atoms with van der Waals surface area (Å²) in [6.45, 7) is 0. The summed E-state index contributed by atoms with van der Waals surface area (Å²) in [7, 11) is 0. The molecule has 4 nitrogen and oxygen atoms in total. The molecule has 0 aliphatic carbocycles. The van der Waals surface area contributed by atoms with Crippen LogP contribution in [0.3, 0.4) is 0 Å². The lowest BCUT2D eigenvalue weighted by Crippen LogP contribution is -2.30. The summed E-state index contributed by atoms with van der Waals surface area (Å²) in [6, 6.07) is 0. The smallest absolute Gasteiger partial charge is 0.190 e. The first-order chi connectivity index (χ1) is 2.89. The Kier molecular flexibility index (Phi) is 0.506. The van der Waals surface area contributed by atoms with Crippen LogP contribution < -0.4 is 4.96 Å². The maximum absolute atomic E-state index is 9.79. The van der Waals surface area contributed by atoms with Gasteiger partial charge in [0.05, 0.1) is 6.20 Å². The van der Waals surface area contributed by atoms with Crippen LogP contribution in [0.15, 0.2) is 6.20 Å². The van der Waals surface area contributed by atoms with E-state index < -0.39 is 0 Å². The van der Waals surface area contributed by atoms with Gasteiger partial charge in [0.25, 0.3) is 0 Å². The van der Waals surface area contributed by atoms with Gasteiger partial charge in [-0.1, -0.05) is 0 Å². The molecule has 0 bridgehead atoms. The van der Waals surface area contributed by atoms with Crippen molar-refractivity contribution in [1.29, 1.82) is 0 Å². The molecule has 1 aromatic rings. The fraction of sp³-hybridized carbons (Fsp3) is 0. The van der Waals surface area contributed by atoms with E-state index >= 15 is 0 Å². The average Bonchev–Trinajstić information content (AvgIpc) is 1.86. The Balaban J connectivity index is 3.05. The molecule has 1 N–H and O–H groups in total. The zero-order valence-corrected chi connectivity index (χ0v) is 2.88. The van der Waals surface area contributed by atoms with Crippen LogP contribution in [-0.4, -0.2) is 10.2 Å². The van der Waals surface area contributed by atoms with Crippen molar-refractivity contribution >= 4 is 0 Å². The number of rotatable bonds is 0. The van der Waals surface area contributed by atoms with E-state index in [1.807, 2.05) is 0 Å². The van der Waals surface area contributed by atoms with Gasteiger partial charge in [-0.05, 0) is 0 Å². The lowest BCUT2D eigenvalue weighted by atomic mass is 11.0. The molecule has 1 radical (unpaired) electrons. The maximum atomic E-state index is 9.79. The Hall–Kier alpha value is -1.06. The van der Waals surface area contributed by atoms with Crippen LogP contribution in [0.2, 0.25) is 0 Å². The van der Waals surface area contributed by atoms with Crippen molar-refractivity contribution in [2.24, 2.45) is 0 Å². The van der Waals surface area contributed by atoms with Crippen molar-refractivity contribution in [3.8, 4) is 0 Å². The Bertz CT molecular complexity index is 112. The molecule has 0 spiro atoms. The van der Waals surface area contributed by atoms with Crippen LogP contribution in [0.4, 0.5) is 0 Å². The topological polar surface area (TPSA) is 55.6 Å². The Morgan fingerprint density at radius 3 is 3.00 bits per heavy atom. The van der Waals surface area contributed by atoms with Crippen LogP contribution in [0.25, 0.3) is 0 Å². The zero-order chi connectivity index (χ0) is 4.41. The molecule has 0 fully saturated rings. The second-order valence-corrected chi connectivity index (χ2v) is 0.775. The third kappa shape index (κ3) is 0.314. The van der Waals surface area contributed by atoms with E-state index in [1.54, 1.807) is 0 Å². The molecule has 1 heterocycles. The highest BCUT2D eigenvalue weighted by Crippen LogP contribution is 1.52. The highest BCUT2D eigenvalue weighted by molar-refractivity contribution is 4.47. The van der Waals surface area contributed by atoms with E-state index in [0.717, 1.165) is 0 Å². The van der Waals surface area contributed by atoms with Crippen molar-refractivity contribution in [2.75, 3.05) is 0 Å². The van der Waals surface area contributed by atoms with Gasteiger partial charge in [0.2, 0.25) is 0 Å². The lowest BCUT2D eigenvalue weighted by molar-refractivity contribution is -0.722. The molecule has 0 aromatic carbocycles. The summed E-state index contributed by atoms with van der Waals surface area (Å²) in [5.41, 5.74) is 0. The molecule has 0 atom stereocenters. The number of nitrogens with one attached hydrogen (secondary N) is 1. The van der Waals surface area contributed by atoms with E-state index in [0.29, 0.717) is 4.96 Å². The van der Waals surface area contributed by atoms with E-state index in [-0.39, 0.29) is 0 Å². The molecular weight excluding hydrogens is 82.0 g/mol. The molecule has 4 heteroatoms. The van der Waals surface area contributed by atoms with E-state index in [4.69, 9.17) is 0 Å². The monoisotopic (exact) mass is 84.0 g/mol. The minimum Gasteiger partial charge on any atom is -0.571 e. The van der Waals surface area contributed by atoms with Crippen LogP contribution in [0.5, 0.6) is 0 Å². The van der Waals surface area contributed by atoms with Gasteiger partial charge in [-0.15, -0.1) is 5.10 Å². The van der Waals surface area contributed by atoms with Gasteiger partial charge in [-0.2, -0.15) is 0 Å². The van der Waals surface area contributed by atoms with Gasteiger partial charge < -0.3 is 5.21 Å². The predicted octanol–water partition coefficient (Wildman–Crippen LogP) is -1.16. The third-order valence-corrected chi connectivity index (χ3v) is 0.388. The lowest BCUT2D eigenvalue weighted by Gasteiger charge is -1.74. The summed E-state index contributed by atoms with van der Waals surface area (Å²) in [5, 5.41) is 15.1. The first kappa shape index (κ1) is 3.14. The number of aromatic amines is 1. The largest absolute Gasteiger partial charge is 0.571 e. The van der Waals surface area contributed by atoms with E-state index in [1.165, 1.54) is 6.20 Å². The zero-order valence-electron chi connectivity index (χ0n) is 2.88. The molecule has 0 aliphatic rings. The predicted molar refractivity (Wildman–Crippen MR) is 16.4 cm³/mol. The Morgan fingerprint density at radius 2 is 2.83 bits per heavy atom. The second-order valence-electron chi connectivity index (χ2n) is 0.775. The molecule has 0 unspecified atom stereocenters. The van der Waals surface area contributed by atoms with Crippen LogP contribution in [-0.2, 0) is 0 Å². The van der Waals surface area contributed by atoms with Crippen molar-refractivity contribution in [3.63, 3.8) is 0 Å². The van der Waals surface area contributed by atoms with Gasteiger partial charge in [0, 0.05) is 10.1 Å². The van der Waals surface area contributed by atoms with Crippen LogP contribution in [0.1, 0.15) is 0 Å². The van der Waals surface area contributed by atoms with Crippen molar-refractivity contribution in [2.45, 2.75) is 0 Å². The third-order valence-electron chi connectivity index (χ3n) is 0.388. The minimum absolute atomic E-state index is 0.319. The fourth-order valence-electron chi connectivity index (χ4n) is 0.194. The van der Waals surface area contributed by atoms with E-state index in [2.05, 4.69) is 16.4 Å².